The molecule has 0 atom stereocenters. The van der Waals surface area contributed by atoms with Crippen LogP contribution in [0.15, 0.2) is 97.1 Å². The summed E-state index contributed by atoms with van der Waals surface area (Å²) in [7, 11) is 3.11. The van der Waals surface area contributed by atoms with Gasteiger partial charge >= 0.3 is 0 Å². The topological polar surface area (TPSA) is 84.7 Å². The van der Waals surface area contributed by atoms with Gasteiger partial charge in [-0.25, -0.2) is 9.97 Å². The maximum Gasteiger partial charge on any atom is 0.213 e. The Labute approximate surface area is 219 Å². The van der Waals surface area contributed by atoms with Gasteiger partial charge in [0, 0.05) is 34.4 Å². The molecule has 2 heterocycles. The predicted octanol–water partition coefficient (Wildman–Crippen LogP) is 7.21. The molecule has 0 saturated heterocycles. The van der Waals surface area contributed by atoms with Crippen LogP contribution in [0.1, 0.15) is 0 Å². The summed E-state index contributed by atoms with van der Waals surface area (Å²) in [6.07, 6.45) is 0. The van der Waals surface area contributed by atoms with Crippen molar-refractivity contribution in [2.45, 2.75) is 0 Å². The molecule has 6 rings (SSSR count). The van der Waals surface area contributed by atoms with Crippen LogP contribution in [-0.2, 0) is 0 Å². The van der Waals surface area contributed by atoms with E-state index in [1.807, 2.05) is 84.9 Å². The van der Waals surface area contributed by atoms with Gasteiger partial charge in [-0.3, -0.25) is 0 Å². The van der Waals surface area contributed by atoms with E-state index >= 15 is 0 Å². The van der Waals surface area contributed by atoms with Crippen molar-refractivity contribution in [3.63, 3.8) is 0 Å². The molecule has 4 aromatic carbocycles. The predicted molar refractivity (Wildman–Crippen MR) is 150 cm³/mol. The van der Waals surface area contributed by atoms with E-state index in [9.17, 15) is 10.2 Å². The van der Waals surface area contributed by atoms with Gasteiger partial charge in [-0.2, -0.15) is 0 Å². The number of ether oxygens (including phenoxy) is 2. The van der Waals surface area contributed by atoms with E-state index in [0.29, 0.717) is 45.4 Å². The Kier molecular flexibility index (Phi) is 5.77. The quantitative estimate of drug-likeness (QED) is 0.260. The molecule has 0 aliphatic heterocycles. The van der Waals surface area contributed by atoms with Crippen molar-refractivity contribution < 1.29 is 19.7 Å². The number of hydrogen-bond acceptors (Lipinski definition) is 6. The van der Waals surface area contributed by atoms with E-state index in [1.165, 1.54) is 0 Å². The van der Waals surface area contributed by atoms with Gasteiger partial charge in [-0.1, -0.05) is 60.7 Å². The Morgan fingerprint density at radius 2 is 0.947 bits per heavy atom. The lowest BCUT2D eigenvalue weighted by Crippen LogP contribution is -1.95. The third kappa shape index (κ3) is 3.83. The van der Waals surface area contributed by atoms with Crippen molar-refractivity contribution in [2.24, 2.45) is 0 Å². The number of pyridine rings is 2. The Balaban J connectivity index is 1.74. The molecule has 38 heavy (non-hydrogen) atoms. The van der Waals surface area contributed by atoms with Crippen molar-refractivity contribution in [2.75, 3.05) is 14.2 Å². The molecule has 0 fully saturated rings. The lowest BCUT2D eigenvalue weighted by molar-refractivity contribution is 0.398. The average molecular weight is 501 g/mol. The fourth-order valence-corrected chi connectivity index (χ4v) is 4.93. The minimum atomic E-state index is 0.0145. The Morgan fingerprint density at radius 3 is 1.37 bits per heavy atom. The smallest absolute Gasteiger partial charge is 0.213 e. The van der Waals surface area contributed by atoms with Crippen LogP contribution < -0.4 is 9.47 Å². The average Bonchev–Trinajstić information content (AvgIpc) is 2.97. The van der Waals surface area contributed by atoms with Crippen molar-refractivity contribution in [1.29, 1.82) is 0 Å². The maximum absolute atomic E-state index is 11.9. The Hall–Kier alpha value is -5.10. The highest BCUT2D eigenvalue weighted by Crippen LogP contribution is 2.51. The molecule has 0 spiro atoms. The second-order valence-electron chi connectivity index (χ2n) is 8.87. The number of benzene rings is 4. The zero-order valence-corrected chi connectivity index (χ0v) is 20.8. The summed E-state index contributed by atoms with van der Waals surface area (Å²) < 4.78 is 10.7. The lowest BCUT2D eigenvalue weighted by Gasteiger charge is -2.19. The number of fused-ring (bicyclic) bond motifs is 2. The molecule has 6 nitrogen and oxygen atoms in total. The van der Waals surface area contributed by atoms with Gasteiger partial charge < -0.3 is 19.7 Å². The molecule has 0 bridgehead atoms. The van der Waals surface area contributed by atoms with E-state index in [2.05, 4.69) is 9.97 Å². The number of nitrogens with zero attached hydrogens (tertiary/aromatic N) is 2. The zero-order chi connectivity index (χ0) is 26.2. The molecule has 2 aromatic heterocycles. The summed E-state index contributed by atoms with van der Waals surface area (Å²) in [5.41, 5.74) is 3.21. The fourth-order valence-electron chi connectivity index (χ4n) is 4.93. The fraction of sp³-hybridized carbons (Fsp3) is 0.0625. The number of phenolic OH excluding ortho intramolecular Hbond substituents is 2. The van der Waals surface area contributed by atoms with Crippen LogP contribution >= 0.6 is 0 Å². The van der Waals surface area contributed by atoms with E-state index in [-0.39, 0.29) is 11.5 Å². The molecule has 0 saturated carbocycles. The van der Waals surface area contributed by atoms with Crippen molar-refractivity contribution in [3.8, 4) is 56.9 Å². The number of phenols is 2. The number of hydrogen-bond donors (Lipinski definition) is 2. The minimum Gasteiger partial charge on any atom is -0.507 e. The standard InChI is InChI=1S/C32H24N2O4/c1-37-27-15-7-13-25(33-27)23-17-19-9-3-5-11-21(19)29(31(23)35)30-22-12-6-4-10-20(22)18-24(32(30)36)26-14-8-16-28(34-26)38-2/h3-18,35-36H,1-2H3. The highest BCUT2D eigenvalue weighted by Gasteiger charge is 2.24. The van der Waals surface area contributed by atoms with Gasteiger partial charge in [-0.05, 0) is 45.8 Å². The summed E-state index contributed by atoms with van der Waals surface area (Å²) in [6, 6.07) is 30.2. The highest BCUT2D eigenvalue weighted by molar-refractivity contribution is 6.13. The van der Waals surface area contributed by atoms with Crippen LogP contribution in [-0.4, -0.2) is 34.4 Å². The third-order valence-electron chi connectivity index (χ3n) is 6.71. The van der Waals surface area contributed by atoms with Gasteiger partial charge in [0.05, 0.1) is 25.6 Å². The molecule has 0 amide bonds. The second-order valence-corrected chi connectivity index (χ2v) is 8.87. The number of aromatic nitrogens is 2. The molecule has 186 valence electrons. The van der Waals surface area contributed by atoms with Gasteiger partial charge in [0.15, 0.2) is 0 Å². The summed E-state index contributed by atoms with van der Waals surface area (Å²) in [5.74, 6) is 0.910. The SMILES string of the molecule is COc1cccc(-c2cc3ccccc3c(-c3c(O)c(-c4cccc(OC)n4)cc4ccccc34)c2O)n1. The van der Waals surface area contributed by atoms with Gasteiger partial charge in [-0.15, -0.1) is 0 Å². The molecule has 6 aromatic rings. The summed E-state index contributed by atoms with van der Waals surface area (Å²) in [6.45, 7) is 0. The van der Waals surface area contributed by atoms with Crippen LogP contribution in [0, 0.1) is 0 Å². The van der Waals surface area contributed by atoms with Crippen LogP contribution in [0.4, 0.5) is 0 Å². The van der Waals surface area contributed by atoms with Crippen LogP contribution in [0.25, 0.3) is 55.2 Å². The summed E-state index contributed by atoms with van der Waals surface area (Å²) in [5, 5.41) is 27.1. The molecule has 0 aliphatic carbocycles. The van der Waals surface area contributed by atoms with Crippen LogP contribution in [0.5, 0.6) is 23.3 Å². The van der Waals surface area contributed by atoms with E-state index < -0.39 is 0 Å². The zero-order valence-electron chi connectivity index (χ0n) is 20.8. The molecular weight excluding hydrogens is 476 g/mol. The summed E-state index contributed by atoms with van der Waals surface area (Å²) in [4.78, 5) is 9.13. The first-order chi connectivity index (χ1) is 18.6. The van der Waals surface area contributed by atoms with E-state index in [0.717, 1.165) is 21.5 Å². The first-order valence-electron chi connectivity index (χ1n) is 12.1. The first-order valence-corrected chi connectivity index (χ1v) is 12.1. The summed E-state index contributed by atoms with van der Waals surface area (Å²) >= 11 is 0. The molecule has 2 N–H and O–H groups in total. The second kappa shape index (κ2) is 9.41. The normalized spacial score (nSPS) is 11.1. The number of rotatable bonds is 5. The number of aromatic hydroxyl groups is 2. The monoisotopic (exact) mass is 500 g/mol. The highest BCUT2D eigenvalue weighted by atomic mass is 16.5. The largest absolute Gasteiger partial charge is 0.507 e. The Morgan fingerprint density at radius 1 is 0.526 bits per heavy atom. The minimum absolute atomic E-state index is 0.0145. The van der Waals surface area contributed by atoms with Crippen LogP contribution in [0.2, 0.25) is 0 Å². The van der Waals surface area contributed by atoms with Crippen molar-refractivity contribution in [3.05, 3.63) is 97.1 Å². The van der Waals surface area contributed by atoms with E-state index in [4.69, 9.17) is 9.47 Å². The molecule has 0 unspecified atom stereocenters. The van der Waals surface area contributed by atoms with E-state index in [1.54, 1.807) is 26.4 Å². The number of methoxy groups -OCH3 is 2. The van der Waals surface area contributed by atoms with Gasteiger partial charge in [0.1, 0.15) is 11.5 Å². The van der Waals surface area contributed by atoms with Crippen LogP contribution in [0.3, 0.4) is 0 Å². The maximum atomic E-state index is 11.9. The molecule has 6 heteroatoms. The van der Waals surface area contributed by atoms with Crippen molar-refractivity contribution >= 4 is 21.5 Å². The molecule has 0 radical (unpaired) electrons. The Bertz CT molecular complexity index is 1700. The molecule has 0 aliphatic rings. The first kappa shape index (κ1) is 23.3. The van der Waals surface area contributed by atoms with Gasteiger partial charge in [0.2, 0.25) is 11.8 Å². The van der Waals surface area contributed by atoms with Crippen molar-refractivity contribution in [1.82, 2.24) is 9.97 Å². The third-order valence-corrected chi connectivity index (χ3v) is 6.71. The lowest BCUT2D eigenvalue weighted by atomic mass is 9.87. The molecular formula is C32H24N2O4. The van der Waals surface area contributed by atoms with Gasteiger partial charge in [0.25, 0.3) is 0 Å².